The fourth-order valence-corrected chi connectivity index (χ4v) is 2.92. The summed E-state index contributed by atoms with van der Waals surface area (Å²) in [6.07, 6.45) is 6.80. The van der Waals surface area contributed by atoms with Crippen molar-refractivity contribution in [2.24, 2.45) is 5.92 Å². The van der Waals surface area contributed by atoms with Crippen molar-refractivity contribution in [3.05, 3.63) is 18.0 Å². The molecule has 1 aromatic heterocycles. The molecule has 3 heteroatoms. The highest BCUT2D eigenvalue weighted by Crippen LogP contribution is 2.31. The molecule has 1 saturated heterocycles. The predicted molar refractivity (Wildman–Crippen MR) is 71.0 cm³/mol. The van der Waals surface area contributed by atoms with Crippen molar-refractivity contribution in [3.63, 3.8) is 0 Å². The summed E-state index contributed by atoms with van der Waals surface area (Å²) in [5.74, 6) is 0.676. The normalized spacial score (nSPS) is 24.7. The van der Waals surface area contributed by atoms with E-state index in [1.165, 1.54) is 25.1 Å². The van der Waals surface area contributed by atoms with Crippen LogP contribution in [0.15, 0.2) is 12.3 Å². The molecule has 2 heterocycles. The molecule has 1 fully saturated rings. The topological polar surface area (TPSA) is 29.9 Å². The Morgan fingerprint density at radius 3 is 2.94 bits per heavy atom. The van der Waals surface area contributed by atoms with Crippen molar-refractivity contribution in [1.29, 1.82) is 0 Å². The Bertz CT molecular complexity index is 348. The Hall–Kier alpha value is -0.830. The number of aromatic nitrogens is 2. The highest BCUT2D eigenvalue weighted by Gasteiger charge is 2.37. The van der Waals surface area contributed by atoms with Gasteiger partial charge < -0.3 is 5.32 Å². The molecular weight excluding hydrogens is 210 g/mol. The van der Waals surface area contributed by atoms with Crippen LogP contribution in [0, 0.1) is 5.92 Å². The Labute approximate surface area is 105 Å². The summed E-state index contributed by atoms with van der Waals surface area (Å²) in [5.41, 5.74) is 1.68. The monoisotopic (exact) mass is 235 g/mol. The maximum Gasteiger partial charge on any atom is 0.0492 e. The first kappa shape index (κ1) is 12.6. The summed E-state index contributed by atoms with van der Waals surface area (Å²) >= 11 is 0. The molecule has 1 atom stereocenters. The Morgan fingerprint density at radius 2 is 2.35 bits per heavy atom. The van der Waals surface area contributed by atoms with Gasteiger partial charge in [-0.05, 0) is 37.8 Å². The third-order valence-electron chi connectivity index (χ3n) is 4.12. The van der Waals surface area contributed by atoms with Gasteiger partial charge in [-0.2, -0.15) is 5.10 Å². The smallest absolute Gasteiger partial charge is 0.0492 e. The van der Waals surface area contributed by atoms with Crippen LogP contribution in [0.4, 0.5) is 0 Å². The second-order valence-electron chi connectivity index (χ2n) is 5.56. The van der Waals surface area contributed by atoms with Crippen LogP contribution in [0.25, 0.3) is 0 Å². The lowest BCUT2D eigenvalue weighted by molar-refractivity contribution is 0.263. The van der Waals surface area contributed by atoms with E-state index in [1.807, 2.05) is 6.20 Å². The molecule has 0 spiro atoms. The van der Waals surface area contributed by atoms with Crippen LogP contribution in [0.3, 0.4) is 0 Å². The lowest BCUT2D eigenvalue weighted by atomic mass is 9.81. The quantitative estimate of drug-likeness (QED) is 0.850. The fourth-order valence-electron chi connectivity index (χ4n) is 2.92. The van der Waals surface area contributed by atoms with Gasteiger partial charge in [0.05, 0.1) is 0 Å². The molecule has 0 bridgehead atoms. The van der Waals surface area contributed by atoms with Gasteiger partial charge in [0.15, 0.2) is 0 Å². The molecule has 0 aromatic carbocycles. The average Bonchev–Trinajstić information content (AvgIpc) is 2.91. The van der Waals surface area contributed by atoms with E-state index in [-0.39, 0.29) is 0 Å². The molecule has 17 heavy (non-hydrogen) atoms. The number of nitrogens with zero attached hydrogens (tertiary/aromatic N) is 2. The van der Waals surface area contributed by atoms with E-state index < -0.39 is 0 Å². The average molecular weight is 235 g/mol. The molecular formula is C14H25N3. The van der Waals surface area contributed by atoms with Crippen molar-refractivity contribution in [1.82, 2.24) is 15.1 Å². The van der Waals surface area contributed by atoms with Crippen molar-refractivity contribution in [2.45, 2.75) is 58.5 Å². The second kappa shape index (κ2) is 5.21. The van der Waals surface area contributed by atoms with Gasteiger partial charge in [-0.15, -0.1) is 0 Å². The van der Waals surface area contributed by atoms with E-state index in [0.717, 1.165) is 19.4 Å². The number of hydrogen-bond donors (Lipinski definition) is 1. The third-order valence-corrected chi connectivity index (χ3v) is 4.12. The fraction of sp³-hybridized carbons (Fsp3) is 0.786. The molecule has 1 N–H and O–H groups in total. The van der Waals surface area contributed by atoms with E-state index in [4.69, 9.17) is 0 Å². The zero-order valence-corrected chi connectivity index (χ0v) is 11.4. The highest BCUT2D eigenvalue weighted by molar-refractivity contribution is 5.10. The van der Waals surface area contributed by atoms with Gasteiger partial charge in [0.2, 0.25) is 0 Å². The van der Waals surface area contributed by atoms with E-state index in [0.29, 0.717) is 11.5 Å². The number of hydrogen-bond acceptors (Lipinski definition) is 2. The number of rotatable bonds is 5. The highest BCUT2D eigenvalue weighted by atomic mass is 15.3. The molecule has 3 nitrogen and oxygen atoms in total. The van der Waals surface area contributed by atoms with Crippen LogP contribution in [0.1, 0.15) is 45.7 Å². The summed E-state index contributed by atoms with van der Waals surface area (Å²) < 4.78 is 2.17. The van der Waals surface area contributed by atoms with Gasteiger partial charge >= 0.3 is 0 Å². The van der Waals surface area contributed by atoms with Crippen molar-refractivity contribution >= 4 is 0 Å². The van der Waals surface area contributed by atoms with Gasteiger partial charge in [-0.1, -0.05) is 20.8 Å². The molecule has 1 unspecified atom stereocenters. The predicted octanol–water partition coefficient (Wildman–Crippen LogP) is 2.61. The summed E-state index contributed by atoms with van der Waals surface area (Å²) in [6.45, 7) is 9.08. The van der Waals surface area contributed by atoms with Gasteiger partial charge in [-0.25, -0.2) is 0 Å². The van der Waals surface area contributed by atoms with Crippen LogP contribution in [-0.2, 0) is 13.0 Å². The molecule has 1 aliphatic heterocycles. The first-order valence-electron chi connectivity index (χ1n) is 6.93. The van der Waals surface area contributed by atoms with E-state index in [2.05, 4.69) is 41.9 Å². The molecule has 0 radical (unpaired) electrons. The van der Waals surface area contributed by atoms with Crippen LogP contribution >= 0.6 is 0 Å². The first-order chi connectivity index (χ1) is 8.18. The molecule has 96 valence electrons. The summed E-state index contributed by atoms with van der Waals surface area (Å²) in [6, 6.07) is 2.18. The minimum absolute atomic E-state index is 0.297. The van der Waals surface area contributed by atoms with E-state index in [9.17, 15) is 0 Å². The van der Waals surface area contributed by atoms with Gasteiger partial charge in [0, 0.05) is 30.4 Å². The maximum atomic E-state index is 4.43. The minimum Gasteiger partial charge on any atom is -0.311 e. The van der Waals surface area contributed by atoms with Gasteiger partial charge in [0.25, 0.3) is 0 Å². The van der Waals surface area contributed by atoms with E-state index in [1.54, 1.807) is 0 Å². The number of nitrogens with one attached hydrogen (secondary N) is 1. The second-order valence-corrected chi connectivity index (χ2v) is 5.56. The van der Waals surface area contributed by atoms with Gasteiger partial charge in [0.1, 0.15) is 0 Å². The van der Waals surface area contributed by atoms with Crippen molar-refractivity contribution in [3.8, 4) is 0 Å². The van der Waals surface area contributed by atoms with Crippen LogP contribution in [0.5, 0.6) is 0 Å². The van der Waals surface area contributed by atoms with Crippen LogP contribution < -0.4 is 5.32 Å². The molecule has 0 amide bonds. The van der Waals surface area contributed by atoms with Gasteiger partial charge in [-0.3, -0.25) is 4.68 Å². The van der Waals surface area contributed by atoms with Crippen molar-refractivity contribution < 1.29 is 0 Å². The summed E-state index contributed by atoms with van der Waals surface area (Å²) in [4.78, 5) is 0. The summed E-state index contributed by atoms with van der Waals surface area (Å²) in [7, 11) is 0. The summed E-state index contributed by atoms with van der Waals surface area (Å²) in [5, 5.41) is 8.16. The van der Waals surface area contributed by atoms with Crippen LogP contribution in [0.2, 0.25) is 0 Å². The first-order valence-corrected chi connectivity index (χ1v) is 6.93. The lowest BCUT2D eigenvalue weighted by Gasteiger charge is -2.34. The minimum atomic E-state index is 0.297. The Morgan fingerprint density at radius 1 is 1.53 bits per heavy atom. The largest absolute Gasteiger partial charge is 0.311 e. The molecule has 0 aliphatic carbocycles. The number of aryl methyl sites for hydroxylation is 1. The van der Waals surface area contributed by atoms with Crippen molar-refractivity contribution in [2.75, 3.05) is 6.54 Å². The Balaban J connectivity index is 2.14. The zero-order chi connectivity index (χ0) is 12.3. The SMILES string of the molecule is CCCn1nccc1CC1(C(C)C)CCCN1. The molecule has 1 aromatic rings. The molecule has 2 rings (SSSR count). The van der Waals surface area contributed by atoms with E-state index >= 15 is 0 Å². The van der Waals surface area contributed by atoms with Crippen LogP contribution in [-0.4, -0.2) is 21.9 Å². The Kier molecular flexibility index (Phi) is 3.87. The molecule has 1 aliphatic rings. The molecule has 0 saturated carbocycles. The standard InChI is InChI=1S/C14H25N3/c1-4-10-17-13(6-9-16-17)11-14(12(2)3)7-5-8-15-14/h6,9,12,15H,4-5,7-8,10-11H2,1-3H3. The maximum absolute atomic E-state index is 4.43. The zero-order valence-electron chi connectivity index (χ0n) is 11.4. The lowest BCUT2D eigenvalue weighted by Crippen LogP contribution is -2.47. The third kappa shape index (κ3) is 2.54.